The van der Waals surface area contributed by atoms with Gasteiger partial charge < -0.3 is 10.1 Å². The zero-order valence-electron chi connectivity index (χ0n) is 11.0. The molecule has 1 aliphatic carbocycles. The van der Waals surface area contributed by atoms with Gasteiger partial charge in [-0.3, -0.25) is 4.79 Å². The molecular formula is C13H16ClFN2O2. The van der Waals surface area contributed by atoms with E-state index in [0.29, 0.717) is 0 Å². The minimum Gasteiger partial charge on any atom is -0.381 e. The Bertz CT molecular complexity index is 507. The molecule has 2 unspecified atom stereocenters. The lowest BCUT2D eigenvalue weighted by atomic mass is 9.64. The number of halogens is 2. The highest BCUT2D eigenvalue weighted by Crippen LogP contribution is 2.42. The average molecular weight is 287 g/mol. The molecule has 1 aromatic heterocycles. The van der Waals surface area contributed by atoms with E-state index in [1.54, 1.807) is 7.11 Å². The van der Waals surface area contributed by atoms with Gasteiger partial charge in [0.05, 0.1) is 17.9 Å². The Labute approximate surface area is 116 Å². The molecule has 0 spiro atoms. The Balaban J connectivity index is 2.09. The number of carbonyl (C=O) groups excluding carboxylic acids is 1. The molecule has 1 fully saturated rings. The molecule has 1 aromatic rings. The zero-order chi connectivity index (χ0) is 14.2. The number of hydrogen-bond donors (Lipinski definition) is 1. The van der Waals surface area contributed by atoms with Gasteiger partial charge in [-0.25, -0.2) is 9.37 Å². The Morgan fingerprint density at radius 1 is 1.63 bits per heavy atom. The largest absolute Gasteiger partial charge is 0.381 e. The van der Waals surface area contributed by atoms with Crippen LogP contribution in [0.2, 0.25) is 5.15 Å². The first-order chi connectivity index (χ1) is 8.86. The second kappa shape index (κ2) is 5.06. The highest BCUT2D eigenvalue weighted by Gasteiger charge is 2.49. The van der Waals surface area contributed by atoms with E-state index in [-0.39, 0.29) is 28.3 Å². The fourth-order valence-corrected chi connectivity index (χ4v) is 2.54. The van der Waals surface area contributed by atoms with Crippen molar-refractivity contribution in [2.75, 3.05) is 7.11 Å². The lowest BCUT2D eigenvalue weighted by molar-refractivity contribution is -0.0942. The van der Waals surface area contributed by atoms with E-state index in [2.05, 4.69) is 10.3 Å². The molecule has 19 heavy (non-hydrogen) atoms. The molecule has 2 rings (SSSR count). The summed E-state index contributed by atoms with van der Waals surface area (Å²) in [7, 11) is 1.65. The quantitative estimate of drug-likeness (QED) is 0.868. The normalized spacial score (nSPS) is 24.7. The zero-order valence-corrected chi connectivity index (χ0v) is 11.8. The summed E-state index contributed by atoms with van der Waals surface area (Å²) in [6.45, 7) is 4.03. The summed E-state index contributed by atoms with van der Waals surface area (Å²) < 4.78 is 18.4. The maximum Gasteiger partial charge on any atom is 0.254 e. The van der Waals surface area contributed by atoms with Gasteiger partial charge in [-0.15, -0.1) is 0 Å². The Hall–Kier alpha value is -1.20. The summed E-state index contributed by atoms with van der Waals surface area (Å²) in [5.74, 6) is -0.998. The number of carbonyl (C=O) groups is 1. The van der Waals surface area contributed by atoms with Crippen LogP contribution < -0.4 is 5.32 Å². The molecule has 0 aliphatic heterocycles. The van der Waals surface area contributed by atoms with Gasteiger partial charge in [0, 0.05) is 18.6 Å². The first-order valence-corrected chi connectivity index (χ1v) is 6.38. The van der Waals surface area contributed by atoms with Crippen molar-refractivity contribution < 1.29 is 13.9 Å². The number of rotatable bonds is 3. The predicted octanol–water partition coefficient (Wildman–Crippen LogP) is 2.42. The molecule has 0 saturated heterocycles. The van der Waals surface area contributed by atoms with Crippen LogP contribution in [-0.2, 0) is 4.74 Å². The van der Waals surface area contributed by atoms with Crippen molar-refractivity contribution in [2.24, 2.45) is 5.41 Å². The highest BCUT2D eigenvalue weighted by atomic mass is 35.5. The Morgan fingerprint density at radius 3 is 2.89 bits per heavy atom. The van der Waals surface area contributed by atoms with Gasteiger partial charge in [-0.1, -0.05) is 25.4 Å². The van der Waals surface area contributed by atoms with E-state index in [1.807, 2.05) is 13.8 Å². The molecule has 1 saturated carbocycles. The first kappa shape index (κ1) is 14.2. The molecule has 0 bridgehead atoms. The van der Waals surface area contributed by atoms with E-state index in [0.717, 1.165) is 18.7 Å². The number of nitrogens with one attached hydrogen (secondary N) is 1. The summed E-state index contributed by atoms with van der Waals surface area (Å²) in [6, 6.07) is 1.06. The van der Waals surface area contributed by atoms with Gasteiger partial charge in [0.25, 0.3) is 5.91 Å². The van der Waals surface area contributed by atoms with Crippen molar-refractivity contribution >= 4 is 17.5 Å². The molecule has 1 heterocycles. The van der Waals surface area contributed by atoms with Gasteiger partial charge in [0.15, 0.2) is 0 Å². The summed E-state index contributed by atoms with van der Waals surface area (Å²) in [5, 5.41) is 2.84. The van der Waals surface area contributed by atoms with Crippen molar-refractivity contribution in [2.45, 2.75) is 32.4 Å². The molecule has 1 N–H and O–H groups in total. The lowest BCUT2D eigenvalue weighted by Gasteiger charge is -2.51. The van der Waals surface area contributed by atoms with E-state index in [1.165, 1.54) is 0 Å². The molecule has 104 valence electrons. The van der Waals surface area contributed by atoms with E-state index >= 15 is 0 Å². The molecule has 1 aliphatic rings. The molecule has 0 aromatic carbocycles. The summed E-state index contributed by atoms with van der Waals surface area (Å²) in [5.41, 5.74) is -0.101. The Kier molecular flexibility index (Phi) is 3.78. The number of aromatic nitrogens is 1. The van der Waals surface area contributed by atoms with Crippen LogP contribution in [0, 0.1) is 11.2 Å². The van der Waals surface area contributed by atoms with Crippen LogP contribution in [0.3, 0.4) is 0 Å². The van der Waals surface area contributed by atoms with Crippen LogP contribution in [0.25, 0.3) is 0 Å². The third kappa shape index (κ3) is 2.58. The SMILES string of the molecule is COC1CC(NC(=O)c2cc(F)cnc2Cl)C1(C)C. The van der Waals surface area contributed by atoms with Gasteiger partial charge in [-0.2, -0.15) is 0 Å². The number of nitrogens with zero attached hydrogens (tertiary/aromatic N) is 1. The molecule has 6 heteroatoms. The second-order valence-electron chi connectivity index (χ2n) is 5.30. The number of methoxy groups -OCH3 is 1. The molecular weight excluding hydrogens is 271 g/mol. The van der Waals surface area contributed by atoms with Crippen LogP contribution in [0.15, 0.2) is 12.3 Å². The number of pyridine rings is 1. The van der Waals surface area contributed by atoms with Crippen LogP contribution in [0.5, 0.6) is 0 Å². The third-order valence-electron chi connectivity index (χ3n) is 3.82. The summed E-state index contributed by atoms with van der Waals surface area (Å²) >= 11 is 5.80. The third-order valence-corrected chi connectivity index (χ3v) is 4.12. The predicted molar refractivity (Wildman–Crippen MR) is 69.7 cm³/mol. The lowest BCUT2D eigenvalue weighted by Crippen LogP contribution is -2.61. The molecule has 2 atom stereocenters. The summed E-state index contributed by atoms with van der Waals surface area (Å²) in [4.78, 5) is 15.7. The van der Waals surface area contributed by atoms with Crippen LogP contribution in [0.4, 0.5) is 4.39 Å². The smallest absolute Gasteiger partial charge is 0.254 e. The number of amides is 1. The fourth-order valence-electron chi connectivity index (χ4n) is 2.35. The minimum absolute atomic E-state index is 0.000629. The molecule has 4 nitrogen and oxygen atoms in total. The van der Waals surface area contributed by atoms with E-state index in [9.17, 15) is 9.18 Å². The van der Waals surface area contributed by atoms with Gasteiger partial charge in [-0.05, 0) is 12.5 Å². The number of ether oxygens (including phenoxy) is 1. The first-order valence-electron chi connectivity index (χ1n) is 6.01. The van der Waals surface area contributed by atoms with Crippen molar-refractivity contribution in [3.8, 4) is 0 Å². The van der Waals surface area contributed by atoms with Crippen molar-refractivity contribution in [1.29, 1.82) is 0 Å². The van der Waals surface area contributed by atoms with Gasteiger partial charge in [0.1, 0.15) is 11.0 Å². The number of hydrogen-bond acceptors (Lipinski definition) is 3. The summed E-state index contributed by atoms with van der Waals surface area (Å²) in [6.07, 6.45) is 1.82. The van der Waals surface area contributed by atoms with Gasteiger partial charge in [0.2, 0.25) is 0 Å². The molecule has 0 radical (unpaired) electrons. The molecule has 1 amide bonds. The van der Waals surface area contributed by atoms with Crippen molar-refractivity contribution in [3.05, 3.63) is 28.8 Å². The Morgan fingerprint density at radius 2 is 2.32 bits per heavy atom. The van der Waals surface area contributed by atoms with Crippen molar-refractivity contribution in [3.63, 3.8) is 0 Å². The van der Waals surface area contributed by atoms with Crippen molar-refractivity contribution in [1.82, 2.24) is 10.3 Å². The highest BCUT2D eigenvalue weighted by molar-refractivity contribution is 6.32. The van der Waals surface area contributed by atoms with E-state index < -0.39 is 11.7 Å². The van der Waals surface area contributed by atoms with E-state index in [4.69, 9.17) is 16.3 Å². The van der Waals surface area contributed by atoms with Gasteiger partial charge >= 0.3 is 0 Å². The monoisotopic (exact) mass is 286 g/mol. The van der Waals surface area contributed by atoms with Crippen LogP contribution >= 0.6 is 11.6 Å². The fraction of sp³-hybridized carbons (Fsp3) is 0.538. The standard InChI is InChI=1S/C13H16ClFN2O2/c1-13(2)9(5-10(13)19-3)17-12(18)8-4-7(15)6-16-11(8)14/h4,6,9-10H,5H2,1-3H3,(H,17,18). The second-order valence-corrected chi connectivity index (χ2v) is 5.66. The topological polar surface area (TPSA) is 51.2 Å². The average Bonchev–Trinajstić information content (AvgIpc) is 2.36. The van der Waals surface area contributed by atoms with Crippen LogP contribution in [-0.4, -0.2) is 30.1 Å². The minimum atomic E-state index is -0.586. The maximum atomic E-state index is 13.1. The maximum absolute atomic E-state index is 13.1. The van der Waals surface area contributed by atoms with Crippen LogP contribution in [0.1, 0.15) is 30.6 Å².